The maximum Gasteiger partial charge on any atom is 0.224 e. The van der Waals surface area contributed by atoms with Crippen LogP contribution in [-0.4, -0.2) is 12.5 Å². The molecule has 0 radical (unpaired) electrons. The van der Waals surface area contributed by atoms with Crippen molar-refractivity contribution in [2.75, 3.05) is 11.9 Å². The molecule has 2 rings (SSSR count). The lowest BCUT2D eigenvalue weighted by Crippen LogP contribution is -2.15. The van der Waals surface area contributed by atoms with Crippen LogP contribution in [0.25, 0.3) is 0 Å². The number of benzene rings is 2. The van der Waals surface area contributed by atoms with Gasteiger partial charge in [0, 0.05) is 10.9 Å². The van der Waals surface area contributed by atoms with Crippen LogP contribution in [0.4, 0.5) is 5.69 Å². The van der Waals surface area contributed by atoms with Crippen molar-refractivity contribution >= 4 is 43.5 Å². The molecule has 3 nitrogen and oxygen atoms in total. The van der Waals surface area contributed by atoms with Crippen LogP contribution in [0.5, 0.6) is 5.75 Å². The van der Waals surface area contributed by atoms with E-state index in [4.69, 9.17) is 4.74 Å². The molecule has 0 bridgehead atoms. The second-order valence-electron chi connectivity index (χ2n) is 8.29. The third-order valence-corrected chi connectivity index (χ3v) is 5.81. The van der Waals surface area contributed by atoms with E-state index in [1.807, 2.05) is 12.1 Å². The van der Waals surface area contributed by atoms with Gasteiger partial charge in [0.05, 0.1) is 16.8 Å². The van der Waals surface area contributed by atoms with E-state index in [1.54, 1.807) is 0 Å². The van der Waals surface area contributed by atoms with E-state index < -0.39 is 0 Å². The van der Waals surface area contributed by atoms with Crippen LogP contribution < -0.4 is 10.1 Å². The molecule has 0 atom stereocenters. The van der Waals surface area contributed by atoms with Gasteiger partial charge >= 0.3 is 0 Å². The van der Waals surface area contributed by atoms with Crippen LogP contribution in [0.3, 0.4) is 0 Å². The number of rotatable bonds is 7. The van der Waals surface area contributed by atoms with Crippen molar-refractivity contribution in [3.63, 3.8) is 0 Å². The van der Waals surface area contributed by atoms with E-state index in [2.05, 4.69) is 96.1 Å². The molecule has 1 N–H and O–H groups in total. The molecule has 28 heavy (non-hydrogen) atoms. The van der Waals surface area contributed by atoms with Gasteiger partial charge in [0.25, 0.3) is 0 Å². The van der Waals surface area contributed by atoms with Gasteiger partial charge in [0.2, 0.25) is 5.91 Å². The standard InChI is InChI=1S/C23H29Br2NO2/c1-15(2)16-8-11-21(19(25)13-16)28-12-6-7-22(27)26-20-10-9-17(14-18(20)24)23(3,4)5/h8-11,13-15H,6-7,12H2,1-5H3,(H,26,27). The summed E-state index contributed by atoms with van der Waals surface area (Å²) in [5, 5.41) is 2.97. The minimum atomic E-state index is -0.0120. The highest BCUT2D eigenvalue weighted by atomic mass is 79.9. The minimum absolute atomic E-state index is 0.0120. The van der Waals surface area contributed by atoms with Crippen molar-refractivity contribution in [3.8, 4) is 5.75 Å². The molecule has 0 heterocycles. The van der Waals surface area contributed by atoms with Crippen molar-refractivity contribution in [2.45, 2.75) is 58.8 Å². The number of carbonyl (C=O) groups is 1. The SMILES string of the molecule is CC(C)c1ccc(OCCCC(=O)Nc2ccc(C(C)(C)C)cc2Br)c(Br)c1. The summed E-state index contributed by atoms with van der Waals surface area (Å²) in [6.07, 6.45) is 1.07. The molecule has 0 unspecified atom stereocenters. The van der Waals surface area contributed by atoms with E-state index in [-0.39, 0.29) is 11.3 Å². The first kappa shape index (κ1) is 23.0. The summed E-state index contributed by atoms with van der Waals surface area (Å²) in [5.41, 5.74) is 3.36. The first-order chi connectivity index (χ1) is 13.1. The van der Waals surface area contributed by atoms with Gasteiger partial charge in [0.15, 0.2) is 0 Å². The molecule has 0 aliphatic heterocycles. The third kappa shape index (κ3) is 6.63. The monoisotopic (exact) mass is 509 g/mol. The van der Waals surface area contributed by atoms with Crippen molar-refractivity contribution in [2.24, 2.45) is 0 Å². The minimum Gasteiger partial charge on any atom is -0.492 e. The summed E-state index contributed by atoms with van der Waals surface area (Å²) in [4.78, 5) is 12.2. The Kier molecular flexibility index (Phi) is 8.14. The zero-order chi connectivity index (χ0) is 20.9. The molecule has 2 aromatic rings. The van der Waals surface area contributed by atoms with E-state index in [9.17, 15) is 4.79 Å². The first-order valence-electron chi connectivity index (χ1n) is 9.60. The predicted octanol–water partition coefficient (Wildman–Crippen LogP) is 7.43. The van der Waals surface area contributed by atoms with Gasteiger partial charge in [-0.05, 0) is 85.0 Å². The van der Waals surface area contributed by atoms with Crippen LogP contribution in [0, 0.1) is 0 Å². The maximum absolute atomic E-state index is 12.2. The fourth-order valence-corrected chi connectivity index (χ4v) is 3.69. The number of halogens is 2. The summed E-state index contributed by atoms with van der Waals surface area (Å²) in [5.74, 6) is 1.28. The Morgan fingerprint density at radius 3 is 2.36 bits per heavy atom. The van der Waals surface area contributed by atoms with Gasteiger partial charge < -0.3 is 10.1 Å². The smallest absolute Gasteiger partial charge is 0.224 e. The largest absolute Gasteiger partial charge is 0.492 e. The molecule has 2 aromatic carbocycles. The van der Waals surface area contributed by atoms with Gasteiger partial charge in [-0.15, -0.1) is 0 Å². The highest BCUT2D eigenvalue weighted by Gasteiger charge is 2.15. The number of amides is 1. The number of anilines is 1. The highest BCUT2D eigenvalue weighted by molar-refractivity contribution is 9.11. The number of ether oxygens (including phenoxy) is 1. The average Bonchev–Trinajstić information content (AvgIpc) is 2.60. The lowest BCUT2D eigenvalue weighted by Gasteiger charge is -2.20. The molecule has 0 aromatic heterocycles. The Bertz CT molecular complexity index is 826. The van der Waals surface area contributed by atoms with Crippen LogP contribution in [0.1, 0.15) is 64.5 Å². The molecule has 0 saturated carbocycles. The summed E-state index contributed by atoms with van der Waals surface area (Å²) in [6.45, 7) is 11.3. The first-order valence-corrected chi connectivity index (χ1v) is 11.2. The van der Waals surface area contributed by atoms with Crippen molar-refractivity contribution < 1.29 is 9.53 Å². The molecular weight excluding hydrogens is 482 g/mol. The Morgan fingerprint density at radius 1 is 1.07 bits per heavy atom. The molecule has 1 amide bonds. The van der Waals surface area contributed by atoms with Crippen molar-refractivity contribution in [1.82, 2.24) is 0 Å². The Labute approximate surface area is 185 Å². The van der Waals surface area contributed by atoms with E-state index in [1.165, 1.54) is 11.1 Å². The van der Waals surface area contributed by atoms with Gasteiger partial charge in [-0.3, -0.25) is 4.79 Å². The van der Waals surface area contributed by atoms with E-state index in [0.29, 0.717) is 25.4 Å². The molecular formula is C23H29Br2NO2. The summed E-state index contributed by atoms with van der Waals surface area (Å²) >= 11 is 7.12. The molecule has 0 aliphatic carbocycles. The van der Waals surface area contributed by atoms with E-state index in [0.717, 1.165) is 20.4 Å². The maximum atomic E-state index is 12.2. The number of carbonyl (C=O) groups excluding carboxylic acids is 1. The Balaban J connectivity index is 1.82. The van der Waals surface area contributed by atoms with Gasteiger partial charge in [-0.1, -0.05) is 46.8 Å². The fourth-order valence-electron chi connectivity index (χ4n) is 2.70. The Hall–Kier alpha value is -1.33. The lowest BCUT2D eigenvalue weighted by molar-refractivity contribution is -0.116. The molecule has 152 valence electrons. The fraction of sp³-hybridized carbons (Fsp3) is 0.435. The number of hydrogen-bond donors (Lipinski definition) is 1. The van der Waals surface area contributed by atoms with Gasteiger partial charge in [-0.2, -0.15) is 0 Å². The summed E-state index contributed by atoms with van der Waals surface area (Å²) in [7, 11) is 0. The van der Waals surface area contributed by atoms with Crippen LogP contribution in [0.15, 0.2) is 45.3 Å². The topological polar surface area (TPSA) is 38.3 Å². The predicted molar refractivity (Wildman–Crippen MR) is 124 cm³/mol. The normalized spacial score (nSPS) is 11.6. The highest BCUT2D eigenvalue weighted by Crippen LogP contribution is 2.31. The second kappa shape index (κ2) is 9.93. The lowest BCUT2D eigenvalue weighted by atomic mass is 9.87. The zero-order valence-corrected chi connectivity index (χ0v) is 20.4. The van der Waals surface area contributed by atoms with Crippen molar-refractivity contribution in [1.29, 1.82) is 0 Å². The second-order valence-corrected chi connectivity index (χ2v) is 10.00. The molecule has 0 fully saturated rings. The zero-order valence-electron chi connectivity index (χ0n) is 17.2. The number of hydrogen-bond acceptors (Lipinski definition) is 2. The molecule has 0 saturated heterocycles. The molecule has 5 heteroatoms. The van der Waals surface area contributed by atoms with Crippen molar-refractivity contribution in [3.05, 3.63) is 56.5 Å². The van der Waals surface area contributed by atoms with Gasteiger partial charge in [0.1, 0.15) is 5.75 Å². The van der Waals surface area contributed by atoms with E-state index >= 15 is 0 Å². The number of nitrogens with one attached hydrogen (secondary N) is 1. The summed E-state index contributed by atoms with van der Waals surface area (Å²) < 4.78 is 7.66. The quantitative estimate of drug-likeness (QED) is 0.393. The van der Waals surface area contributed by atoms with Crippen LogP contribution in [0.2, 0.25) is 0 Å². The van der Waals surface area contributed by atoms with Crippen LogP contribution >= 0.6 is 31.9 Å². The van der Waals surface area contributed by atoms with Crippen LogP contribution in [-0.2, 0) is 10.2 Å². The third-order valence-electron chi connectivity index (χ3n) is 4.54. The Morgan fingerprint density at radius 2 is 1.79 bits per heavy atom. The molecule has 0 spiro atoms. The van der Waals surface area contributed by atoms with Gasteiger partial charge in [-0.25, -0.2) is 0 Å². The summed E-state index contributed by atoms with van der Waals surface area (Å²) in [6, 6.07) is 12.2. The average molecular weight is 511 g/mol. The molecule has 0 aliphatic rings.